The van der Waals surface area contributed by atoms with Crippen molar-refractivity contribution in [2.75, 3.05) is 39.3 Å². The van der Waals surface area contributed by atoms with Gasteiger partial charge in [-0.05, 0) is 49.7 Å². The van der Waals surface area contributed by atoms with Crippen molar-refractivity contribution >= 4 is 21.6 Å². The number of nitrogens with two attached hydrogens (primary N) is 1. The third-order valence-electron chi connectivity index (χ3n) is 5.98. The number of nitrogens with one attached hydrogen (secondary N) is 1. The number of piperazine rings is 1. The number of benzene rings is 2. The van der Waals surface area contributed by atoms with E-state index in [2.05, 4.69) is 15.1 Å². The predicted octanol–water partition coefficient (Wildman–Crippen LogP) is 2.79. The first-order valence-corrected chi connectivity index (χ1v) is 12.7. The van der Waals surface area contributed by atoms with E-state index in [1.807, 2.05) is 0 Å². The highest BCUT2D eigenvalue weighted by Crippen LogP contribution is 2.31. The minimum Gasteiger partial charge on any atom is -0.457 e. The number of hydrogen-bond donors (Lipinski definition) is 2. The van der Waals surface area contributed by atoms with E-state index in [-0.39, 0.29) is 9.92 Å². The molecule has 2 aromatic rings. The monoisotopic (exact) mass is 482 g/mol. The van der Waals surface area contributed by atoms with Crippen molar-refractivity contribution in [2.24, 2.45) is 5.14 Å². The second kappa shape index (κ2) is 10.0. The number of halogens is 2. The Bertz CT molecular complexity index is 1060. The molecule has 2 aromatic carbocycles. The summed E-state index contributed by atoms with van der Waals surface area (Å²) in [5.41, 5.74) is 0.697. The Morgan fingerprint density at radius 1 is 1.12 bits per heavy atom. The lowest BCUT2D eigenvalue weighted by atomic mass is 10.1. The molecule has 2 fully saturated rings. The molecule has 0 aliphatic carbocycles. The lowest BCUT2D eigenvalue weighted by Gasteiger charge is -2.36. The standard InChI is InChI=1S/C22H28ClFN4O3S/c23-20-13-18(3-5-21(20)24)31-22-6-4-19(32(25,29)30)12-16(22)14-27-8-10-28(11-9-27)15-17-2-1-7-26-17/h3-6,12-13,17,26H,1-2,7-11,14-15H2,(H2,25,29,30). The van der Waals surface area contributed by atoms with Crippen molar-refractivity contribution < 1.29 is 17.5 Å². The largest absolute Gasteiger partial charge is 0.457 e. The average Bonchev–Trinajstić information content (AvgIpc) is 3.26. The van der Waals surface area contributed by atoms with Crippen LogP contribution in [0.4, 0.5) is 4.39 Å². The Morgan fingerprint density at radius 2 is 1.88 bits per heavy atom. The quantitative estimate of drug-likeness (QED) is 0.631. The van der Waals surface area contributed by atoms with E-state index in [4.69, 9.17) is 21.5 Å². The summed E-state index contributed by atoms with van der Waals surface area (Å²) >= 11 is 5.87. The van der Waals surface area contributed by atoms with Crippen molar-refractivity contribution in [3.8, 4) is 11.5 Å². The van der Waals surface area contributed by atoms with Crippen LogP contribution in [0.25, 0.3) is 0 Å². The van der Waals surface area contributed by atoms with Gasteiger partial charge in [-0.15, -0.1) is 0 Å². The van der Waals surface area contributed by atoms with Gasteiger partial charge < -0.3 is 10.1 Å². The minimum atomic E-state index is -3.85. The molecule has 2 aliphatic rings. The van der Waals surface area contributed by atoms with Crippen molar-refractivity contribution in [3.63, 3.8) is 0 Å². The van der Waals surface area contributed by atoms with Crippen molar-refractivity contribution in [1.29, 1.82) is 0 Å². The zero-order valence-electron chi connectivity index (χ0n) is 17.8. The molecular formula is C22H28ClFN4O3S. The molecule has 0 radical (unpaired) electrons. The molecule has 1 unspecified atom stereocenters. The van der Waals surface area contributed by atoms with Gasteiger partial charge in [-0.1, -0.05) is 11.6 Å². The molecule has 2 aliphatic heterocycles. The highest BCUT2D eigenvalue weighted by atomic mass is 35.5. The zero-order valence-corrected chi connectivity index (χ0v) is 19.3. The van der Waals surface area contributed by atoms with Crippen molar-refractivity contribution in [1.82, 2.24) is 15.1 Å². The van der Waals surface area contributed by atoms with Gasteiger partial charge in [-0.2, -0.15) is 0 Å². The SMILES string of the molecule is NS(=O)(=O)c1ccc(Oc2ccc(F)c(Cl)c2)c(CN2CCN(CC3CCCN3)CC2)c1. The summed E-state index contributed by atoms with van der Waals surface area (Å²) in [6.45, 7) is 6.33. The molecule has 3 N–H and O–H groups in total. The van der Waals surface area contributed by atoms with Crippen LogP contribution < -0.4 is 15.2 Å². The summed E-state index contributed by atoms with van der Waals surface area (Å²) in [4.78, 5) is 4.77. The van der Waals surface area contributed by atoms with E-state index >= 15 is 0 Å². The number of primary sulfonamides is 1. The Kier molecular flexibility index (Phi) is 7.34. The van der Waals surface area contributed by atoms with Gasteiger partial charge in [0.1, 0.15) is 17.3 Å². The van der Waals surface area contributed by atoms with Gasteiger partial charge >= 0.3 is 0 Å². The van der Waals surface area contributed by atoms with Crippen LogP contribution in [0.5, 0.6) is 11.5 Å². The summed E-state index contributed by atoms with van der Waals surface area (Å²) in [6, 6.07) is 9.22. The summed E-state index contributed by atoms with van der Waals surface area (Å²) in [6.07, 6.45) is 2.47. The van der Waals surface area contributed by atoms with Crippen molar-refractivity contribution in [2.45, 2.75) is 30.3 Å². The van der Waals surface area contributed by atoms with Gasteiger partial charge in [-0.3, -0.25) is 9.80 Å². The first kappa shape index (κ1) is 23.4. The molecule has 174 valence electrons. The molecule has 7 nitrogen and oxygen atoms in total. The Labute approximate surface area is 193 Å². The first-order chi connectivity index (χ1) is 15.3. The maximum Gasteiger partial charge on any atom is 0.238 e. The van der Waals surface area contributed by atoms with Gasteiger partial charge in [0, 0.05) is 56.9 Å². The highest BCUT2D eigenvalue weighted by Gasteiger charge is 2.23. The molecule has 0 saturated carbocycles. The van der Waals surface area contributed by atoms with E-state index in [0.29, 0.717) is 29.6 Å². The normalized spacial score (nSPS) is 20.5. The van der Waals surface area contributed by atoms with E-state index in [1.54, 1.807) is 12.1 Å². The number of ether oxygens (including phenoxy) is 1. The lowest BCUT2D eigenvalue weighted by Crippen LogP contribution is -2.49. The van der Waals surface area contributed by atoms with Gasteiger partial charge in [0.25, 0.3) is 0 Å². The fraction of sp³-hybridized carbons (Fsp3) is 0.455. The molecule has 1 atom stereocenters. The number of hydrogen-bond acceptors (Lipinski definition) is 6. The zero-order chi connectivity index (χ0) is 22.7. The number of nitrogens with zero attached hydrogens (tertiary/aromatic N) is 2. The van der Waals surface area contributed by atoms with E-state index < -0.39 is 15.8 Å². The molecule has 0 bridgehead atoms. The molecule has 32 heavy (non-hydrogen) atoms. The molecule has 0 amide bonds. The van der Waals surface area contributed by atoms with Gasteiger partial charge in [0.05, 0.1) is 9.92 Å². The van der Waals surface area contributed by atoms with Crippen molar-refractivity contribution in [3.05, 3.63) is 52.8 Å². The molecular weight excluding hydrogens is 455 g/mol. The third-order valence-corrected chi connectivity index (χ3v) is 7.18. The van der Waals surface area contributed by atoms with E-state index in [0.717, 1.165) is 39.3 Å². The number of rotatable bonds is 7. The van der Waals surface area contributed by atoms with Crippen LogP contribution in [0.15, 0.2) is 41.3 Å². The lowest BCUT2D eigenvalue weighted by molar-refractivity contribution is 0.119. The Morgan fingerprint density at radius 3 is 2.53 bits per heavy atom. The van der Waals surface area contributed by atoms with Crippen LogP contribution in [0.2, 0.25) is 5.02 Å². The molecule has 0 aromatic heterocycles. The summed E-state index contributed by atoms with van der Waals surface area (Å²) in [5.74, 6) is 0.321. The average molecular weight is 483 g/mol. The fourth-order valence-electron chi connectivity index (χ4n) is 4.22. The van der Waals surface area contributed by atoms with Crippen LogP contribution in [-0.4, -0.2) is 63.5 Å². The van der Waals surface area contributed by atoms with E-state index in [1.165, 1.54) is 37.1 Å². The third kappa shape index (κ3) is 5.98. The minimum absolute atomic E-state index is 0.0305. The van der Waals surface area contributed by atoms with Crippen LogP contribution in [0.1, 0.15) is 18.4 Å². The molecule has 2 heterocycles. The van der Waals surface area contributed by atoms with Crippen LogP contribution in [0.3, 0.4) is 0 Å². The molecule has 2 saturated heterocycles. The topological polar surface area (TPSA) is 87.9 Å². The summed E-state index contributed by atoms with van der Waals surface area (Å²) in [5, 5.41) is 8.84. The van der Waals surface area contributed by atoms with Gasteiger partial charge in [-0.25, -0.2) is 17.9 Å². The fourth-order valence-corrected chi connectivity index (χ4v) is 4.95. The second-order valence-corrected chi connectivity index (χ2v) is 10.3. The highest BCUT2D eigenvalue weighted by molar-refractivity contribution is 7.89. The predicted molar refractivity (Wildman–Crippen MR) is 122 cm³/mol. The maximum atomic E-state index is 13.5. The van der Waals surface area contributed by atoms with Gasteiger partial charge in [0.15, 0.2) is 0 Å². The van der Waals surface area contributed by atoms with Gasteiger partial charge in [0.2, 0.25) is 10.0 Å². The van der Waals surface area contributed by atoms with Crippen LogP contribution >= 0.6 is 11.6 Å². The number of sulfonamides is 1. The Hall–Kier alpha value is -1.75. The van der Waals surface area contributed by atoms with Crippen LogP contribution in [0, 0.1) is 5.82 Å². The molecule has 4 rings (SSSR count). The maximum absolute atomic E-state index is 13.5. The van der Waals surface area contributed by atoms with E-state index in [9.17, 15) is 12.8 Å². The molecule has 0 spiro atoms. The first-order valence-electron chi connectivity index (χ1n) is 10.7. The Balaban J connectivity index is 1.47. The smallest absolute Gasteiger partial charge is 0.238 e. The summed E-state index contributed by atoms with van der Waals surface area (Å²) in [7, 11) is -3.85. The summed E-state index contributed by atoms with van der Waals surface area (Å²) < 4.78 is 43.2. The van der Waals surface area contributed by atoms with Crippen LogP contribution in [-0.2, 0) is 16.6 Å². The molecule has 10 heteroatoms. The second-order valence-electron chi connectivity index (χ2n) is 8.36.